The molecular formula is C12H8Br2ClF. The lowest BCUT2D eigenvalue weighted by atomic mass is 10.4. The van der Waals surface area contributed by atoms with Crippen LogP contribution in [0.5, 0.6) is 0 Å². The summed E-state index contributed by atoms with van der Waals surface area (Å²) < 4.78 is 14.0. The number of benzene rings is 2. The quantitative estimate of drug-likeness (QED) is 0.562. The molecule has 0 saturated heterocycles. The van der Waals surface area contributed by atoms with Crippen LogP contribution in [0.3, 0.4) is 0 Å². The minimum absolute atomic E-state index is 0.201. The molecule has 0 aliphatic rings. The molecule has 0 aliphatic heterocycles. The first kappa shape index (κ1) is 13.7. The van der Waals surface area contributed by atoms with Crippen LogP contribution >= 0.6 is 43.5 Å². The minimum atomic E-state index is -0.201. The van der Waals surface area contributed by atoms with Gasteiger partial charge in [0.05, 0.1) is 0 Å². The third-order valence-electron chi connectivity index (χ3n) is 1.59. The SMILES string of the molecule is Clc1cccc(Br)c1.Fc1ccc(Br)cc1. The van der Waals surface area contributed by atoms with Crippen LogP contribution in [0.25, 0.3) is 0 Å². The molecule has 0 aromatic heterocycles. The lowest BCUT2D eigenvalue weighted by molar-refractivity contribution is 0.627. The van der Waals surface area contributed by atoms with Gasteiger partial charge in [0, 0.05) is 14.0 Å². The molecule has 0 saturated carbocycles. The van der Waals surface area contributed by atoms with Gasteiger partial charge >= 0.3 is 0 Å². The molecule has 2 rings (SSSR count). The van der Waals surface area contributed by atoms with Crippen molar-refractivity contribution in [3.63, 3.8) is 0 Å². The maximum Gasteiger partial charge on any atom is 0.123 e. The van der Waals surface area contributed by atoms with Crippen molar-refractivity contribution in [2.45, 2.75) is 0 Å². The largest absolute Gasteiger partial charge is 0.207 e. The van der Waals surface area contributed by atoms with E-state index in [1.54, 1.807) is 12.1 Å². The van der Waals surface area contributed by atoms with E-state index in [4.69, 9.17) is 11.6 Å². The van der Waals surface area contributed by atoms with Crippen molar-refractivity contribution in [1.29, 1.82) is 0 Å². The molecule has 0 unspecified atom stereocenters. The lowest BCUT2D eigenvalue weighted by Gasteiger charge is -1.87. The zero-order valence-corrected chi connectivity index (χ0v) is 12.1. The van der Waals surface area contributed by atoms with Crippen molar-refractivity contribution in [2.24, 2.45) is 0 Å². The Hall–Kier alpha value is -0.380. The number of hydrogen-bond acceptors (Lipinski definition) is 0. The average molecular weight is 366 g/mol. The van der Waals surface area contributed by atoms with Crippen LogP contribution in [0.4, 0.5) is 4.39 Å². The second kappa shape index (κ2) is 7.05. The maximum atomic E-state index is 12.1. The van der Waals surface area contributed by atoms with Crippen molar-refractivity contribution in [2.75, 3.05) is 0 Å². The Morgan fingerprint density at radius 3 is 1.88 bits per heavy atom. The van der Waals surface area contributed by atoms with Gasteiger partial charge in [0.2, 0.25) is 0 Å². The van der Waals surface area contributed by atoms with E-state index in [1.165, 1.54) is 12.1 Å². The van der Waals surface area contributed by atoms with Crippen LogP contribution < -0.4 is 0 Å². The first-order valence-electron chi connectivity index (χ1n) is 4.40. The van der Waals surface area contributed by atoms with Gasteiger partial charge in [0.15, 0.2) is 0 Å². The van der Waals surface area contributed by atoms with Gasteiger partial charge in [0.1, 0.15) is 5.82 Å². The Balaban J connectivity index is 0.000000160. The molecule has 0 spiro atoms. The second-order valence-electron chi connectivity index (χ2n) is 2.88. The molecule has 0 nitrogen and oxygen atoms in total. The van der Waals surface area contributed by atoms with Gasteiger partial charge in [-0.3, -0.25) is 0 Å². The van der Waals surface area contributed by atoms with E-state index in [1.807, 2.05) is 24.3 Å². The third kappa shape index (κ3) is 5.64. The van der Waals surface area contributed by atoms with Gasteiger partial charge in [-0.1, -0.05) is 49.5 Å². The molecule has 0 heterocycles. The molecule has 16 heavy (non-hydrogen) atoms. The maximum absolute atomic E-state index is 12.1. The molecule has 0 aliphatic carbocycles. The summed E-state index contributed by atoms with van der Waals surface area (Å²) in [7, 11) is 0. The summed E-state index contributed by atoms with van der Waals surface area (Å²) in [5, 5.41) is 0.763. The highest BCUT2D eigenvalue weighted by molar-refractivity contribution is 9.10. The Kier molecular flexibility index (Phi) is 6.03. The van der Waals surface area contributed by atoms with Crippen LogP contribution in [-0.4, -0.2) is 0 Å². The van der Waals surface area contributed by atoms with E-state index >= 15 is 0 Å². The molecule has 0 amide bonds. The predicted octanol–water partition coefficient (Wildman–Crippen LogP) is 5.69. The molecule has 2 aromatic rings. The Labute approximate surface area is 116 Å². The molecule has 0 N–H and O–H groups in total. The Morgan fingerprint density at radius 1 is 0.875 bits per heavy atom. The smallest absolute Gasteiger partial charge is 0.123 e. The van der Waals surface area contributed by atoms with E-state index in [2.05, 4.69) is 31.9 Å². The van der Waals surface area contributed by atoms with Gasteiger partial charge < -0.3 is 0 Å². The first-order valence-corrected chi connectivity index (χ1v) is 6.36. The van der Waals surface area contributed by atoms with E-state index in [-0.39, 0.29) is 5.82 Å². The highest BCUT2D eigenvalue weighted by Crippen LogP contribution is 2.14. The van der Waals surface area contributed by atoms with E-state index < -0.39 is 0 Å². The monoisotopic (exact) mass is 364 g/mol. The number of hydrogen-bond donors (Lipinski definition) is 0. The minimum Gasteiger partial charge on any atom is -0.207 e. The summed E-state index contributed by atoms with van der Waals surface area (Å²) in [4.78, 5) is 0. The highest BCUT2D eigenvalue weighted by Gasteiger charge is 1.85. The summed E-state index contributed by atoms with van der Waals surface area (Å²) in [5.74, 6) is -0.201. The van der Waals surface area contributed by atoms with E-state index in [0.717, 1.165) is 14.0 Å². The number of rotatable bonds is 0. The zero-order valence-electron chi connectivity index (χ0n) is 8.13. The van der Waals surface area contributed by atoms with Crippen molar-refractivity contribution in [1.82, 2.24) is 0 Å². The average Bonchev–Trinajstić information content (AvgIpc) is 2.23. The van der Waals surface area contributed by atoms with E-state index in [9.17, 15) is 4.39 Å². The van der Waals surface area contributed by atoms with Crippen LogP contribution in [0.15, 0.2) is 57.5 Å². The highest BCUT2D eigenvalue weighted by atomic mass is 79.9. The molecule has 0 radical (unpaired) electrons. The van der Waals surface area contributed by atoms with Crippen molar-refractivity contribution in [3.8, 4) is 0 Å². The molecule has 0 fully saturated rings. The third-order valence-corrected chi connectivity index (χ3v) is 2.85. The fraction of sp³-hybridized carbons (Fsp3) is 0. The van der Waals surface area contributed by atoms with Crippen molar-refractivity contribution >= 4 is 43.5 Å². The summed E-state index contributed by atoms with van der Waals surface area (Å²) in [5.41, 5.74) is 0. The van der Waals surface area contributed by atoms with Crippen LogP contribution in [0.2, 0.25) is 5.02 Å². The molecule has 4 heteroatoms. The van der Waals surface area contributed by atoms with Crippen LogP contribution in [-0.2, 0) is 0 Å². The topological polar surface area (TPSA) is 0 Å². The normalized spacial score (nSPS) is 9.25. The van der Waals surface area contributed by atoms with Crippen LogP contribution in [0, 0.1) is 5.82 Å². The molecule has 0 atom stereocenters. The molecule has 84 valence electrons. The molecule has 2 aromatic carbocycles. The van der Waals surface area contributed by atoms with Gasteiger partial charge in [0.25, 0.3) is 0 Å². The van der Waals surface area contributed by atoms with Gasteiger partial charge in [-0.05, 0) is 42.5 Å². The lowest BCUT2D eigenvalue weighted by Crippen LogP contribution is -1.67. The zero-order chi connectivity index (χ0) is 12.0. The van der Waals surface area contributed by atoms with E-state index in [0.29, 0.717) is 0 Å². The van der Waals surface area contributed by atoms with Crippen molar-refractivity contribution in [3.05, 3.63) is 68.3 Å². The summed E-state index contributed by atoms with van der Waals surface area (Å²) in [6.45, 7) is 0. The molecular weight excluding hydrogens is 358 g/mol. The first-order chi connectivity index (χ1) is 7.58. The fourth-order valence-corrected chi connectivity index (χ4v) is 1.88. The summed E-state index contributed by atoms with van der Waals surface area (Å²) in [6.07, 6.45) is 0. The summed E-state index contributed by atoms with van der Waals surface area (Å²) in [6, 6.07) is 13.7. The standard InChI is InChI=1S/C6H4BrCl.C6H4BrF/c7-5-2-1-3-6(8)4-5;7-5-1-3-6(8)4-2-5/h2*1-4H. The Bertz CT molecular complexity index is 405. The Morgan fingerprint density at radius 2 is 1.50 bits per heavy atom. The number of halogens is 4. The summed E-state index contributed by atoms with van der Waals surface area (Å²) >= 11 is 12.1. The van der Waals surface area contributed by atoms with Crippen molar-refractivity contribution < 1.29 is 4.39 Å². The van der Waals surface area contributed by atoms with Gasteiger partial charge in [-0.25, -0.2) is 4.39 Å². The van der Waals surface area contributed by atoms with Gasteiger partial charge in [-0.2, -0.15) is 0 Å². The predicted molar refractivity (Wildman–Crippen MR) is 73.3 cm³/mol. The van der Waals surface area contributed by atoms with Gasteiger partial charge in [-0.15, -0.1) is 0 Å². The second-order valence-corrected chi connectivity index (χ2v) is 5.14. The fourth-order valence-electron chi connectivity index (χ4n) is 0.889. The molecule has 0 bridgehead atoms. The van der Waals surface area contributed by atoms with Crippen LogP contribution in [0.1, 0.15) is 0 Å².